The third-order valence-electron chi connectivity index (χ3n) is 6.41. The smallest absolute Gasteiger partial charge is 0.261 e. The lowest BCUT2D eigenvalue weighted by atomic mass is 9.97. The van der Waals surface area contributed by atoms with Gasteiger partial charge in [0.1, 0.15) is 18.3 Å². The Hall–Kier alpha value is -1.58. The molecule has 2 heterocycles. The summed E-state index contributed by atoms with van der Waals surface area (Å²) in [6.07, 6.45) is -1.93. The number of hydrogen-bond acceptors (Lipinski definition) is 6. The van der Waals surface area contributed by atoms with Crippen molar-refractivity contribution in [2.45, 2.75) is 69.5 Å². The number of hydrogen-bond donors (Lipinski definition) is 2. The molecule has 6 nitrogen and oxygen atoms in total. The van der Waals surface area contributed by atoms with Gasteiger partial charge in [0.05, 0.1) is 13.2 Å². The van der Waals surface area contributed by atoms with Crippen molar-refractivity contribution in [2.24, 2.45) is 0 Å². The first kappa shape index (κ1) is 23.6. The van der Waals surface area contributed by atoms with E-state index in [0.717, 1.165) is 10.4 Å². The minimum Gasteiger partial charge on any atom is -0.396 e. The highest BCUT2D eigenvalue weighted by Crippen LogP contribution is 2.44. The fourth-order valence-electron chi connectivity index (χ4n) is 4.99. The molecule has 0 saturated carbocycles. The van der Waals surface area contributed by atoms with Crippen LogP contribution in [-0.2, 0) is 18.6 Å². The number of ether oxygens (including phenoxy) is 3. The topological polar surface area (TPSA) is 77.4 Å². The van der Waals surface area contributed by atoms with E-state index in [1.807, 2.05) is 50.2 Å². The van der Waals surface area contributed by atoms with Gasteiger partial charge in [-0.3, -0.25) is 0 Å². The van der Waals surface area contributed by atoms with E-state index in [4.69, 9.17) is 18.6 Å². The molecule has 0 spiro atoms. The molecule has 0 aliphatic carbocycles. The van der Waals surface area contributed by atoms with E-state index in [1.54, 1.807) is 0 Å². The Bertz CT molecular complexity index is 874. The van der Waals surface area contributed by atoms with Gasteiger partial charge in [-0.15, -0.1) is 0 Å². The summed E-state index contributed by atoms with van der Waals surface area (Å²) in [7, 11) is -3.03. The minimum atomic E-state index is -3.03. The highest BCUT2D eigenvalue weighted by molar-refractivity contribution is 6.99. The lowest BCUT2D eigenvalue weighted by Gasteiger charge is -2.50. The first-order chi connectivity index (χ1) is 15.0. The molecule has 2 aromatic rings. The normalized spacial score (nSPS) is 30.2. The zero-order valence-electron chi connectivity index (χ0n) is 19.4. The standard InChI is InChI=1S/C25H34O6Si/c1-23(2,3)32(18-12-8-6-9-13-18,19-14-10-7-11-15-19)31-22-21-20(29-24(4,5)30-21)16-28-25(22,27)17-26/h6-15,20-22,26-27H,16-17H2,1-5H3/t20-,21-,22+,25-/m1/s1. The lowest BCUT2D eigenvalue weighted by molar-refractivity contribution is -0.313. The van der Waals surface area contributed by atoms with Crippen LogP contribution >= 0.6 is 0 Å². The van der Waals surface area contributed by atoms with E-state index >= 15 is 0 Å². The van der Waals surface area contributed by atoms with Crippen molar-refractivity contribution in [1.82, 2.24) is 0 Å². The molecule has 4 atom stereocenters. The summed E-state index contributed by atoms with van der Waals surface area (Å²) in [4.78, 5) is 0. The Balaban J connectivity index is 1.90. The molecule has 2 saturated heterocycles. The maximum atomic E-state index is 11.4. The molecule has 0 bridgehead atoms. The molecule has 0 amide bonds. The second-order valence-electron chi connectivity index (χ2n) is 10.2. The monoisotopic (exact) mass is 458 g/mol. The summed E-state index contributed by atoms with van der Waals surface area (Å²) < 4.78 is 25.1. The molecule has 0 radical (unpaired) electrons. The van der Waals surface area contributed by atoms with Gasteiger partial charge in [0, 0.05) is 0 Å². The van der Waals surface area contributed by atoms with Gasteiger partial charge >= 0.3 is 0 Å². The third kappa shape index (κ3) is 3.96. The molecule has 7 heteroatoms. The van der Waals surface area contributed by atoms with Gasteiger partial charge in [0.15, 0.2) is 5.79 Å². The summed E-state index contributed by atoms with van der Waals surface area (Å²) in [6, 6.07) is 20.3. The van der Waals surface area contributed by atoms with Gasteiger partial charge in [-0.05, 0) is 29.3 Å². The fourth-order valence-corrected chi connectivity index (χ4v) is 9.70. The predicted molar refractivity (Wildman–Crippen MR) is 124 cm³/mol. The van der Waals surface area contributed by atoms with Gasteiger partial charge in [0.25, 0.3) is 8.32 Å². The maximum absolute atomic E-state index is 11.4. The molecule has 4 rings (SSSR count). The predicted octanol–water partition coefficient (Wildman–Crippen LogP) is 2.16. The van der Waals surface area contributed by atoms with Crippen LogP contribution in [0.5, 0.6) is 0 Å². The molecule has 0 aromatic heterocycles. The van der Waals surface area contributed by atoms with E-state index in [-0.39, 0.29) is 11.6 Å². The average Bonchev–Trinajstić information content (AvgIpc) is 3.08. The Kier molecular flexibility index (Phi) is 6.13. The molecule has 2 N–H and O–H groups in total. The number of aliphatic hydroxyl groups is 2. The number of rotatable bonds is 5. The molecule has 2 aliphatic heterocycles. The van der Waals surface area contributed by atoms with E-state index in [2.05, 4.69) is 45.0 Å². The van der Waals surface area contributed by atoms with Crippen LogP contribution in [0.3, 0.4) is 0 Å². The quantitative estimate of drug-likeness (QED) is 0.669. The molecule has 2 fully saturated rings. The lowest BCUT2D eigenvalue weighted by Crippen LogP contribution is -2.73. The highest BCUT2D eigenvalue weighted by Gasteiger charge is 2.62. The Labute approximate surface area is 191 Å². The summed E-state index contributed by atoms with van der Waals surface area (Å²) in [5.41, 5.74) is 0. The molecular weight excluding hydrogens is 424 g/mol. The maximum Gasteiger partial charge on any atom is 0.261 e. The summed E-state index contributed by atoms with van der Waals surface area (Å²) in [5.74, 6) is -2.75. The van der Waals surface area contributed by atoms with Crippen molar-refractivity contribution >= 4 is 18.7 Å². The molecule has 0 unspecified atom stereocenters. The van der Waals surface area contributed by atoms with Crippen molar-refractivity contribution < 1.29 is 28.8 Å². The zero-order chi connectivity index (χ0) is 23.2. The van der Waals surface area contributed by atoms with Crippen LogP contribution in [0.4, 0.5) is 0 Å². The van der Waals surface area contributed by atoms with Crippen LogP contribution in [0.1, 0.15) is 34.6 Å². The van der Waals surface area contributed by atoms with Crippen molar-refractivity contribution in [3.05, 3.63) is 60.7 Å². The SMILES string of the molecule is CC1(C)O[C@@H]2[C@@H](CO[C@](O)(CO)[C@H]2O[Si](c2ccccc2)(c2ccccc2)C(C)(C)C)O1. The van der Waals surface area contributed by atoms with Crippen LogP contribution < -0.4 is 10.4 Å². The van der Waals surface area contributed by atoms with Crippen LogP contribution in [0.25, 0.3) is 0 Å². The highest BCUT2D eigenvalue weighted by atomic mass is 28.4. The van der Waals surface area contributed by atoms with Crippen LogP contribution in [0.2, 0.25) is 5.04 Å². The average molecular weight is 459 g/mol. The fraction of sp³-hybridized carbons (Fsp3) is 0.520. The second-order valence-corrected chi connectivity index (χ2v) is 14.4. The summed E-state index contributed by atoms with van der Waals surface area (Å²) in [5, 5.41) is 23.4. The zero-order valence-corrected chi connectivity index (χ0v) is 20.4. The van der Waals surface area contributed by atoms with Gasteiger partial charge < -0.3 is 28.8 Å². The van der Waals surface area contributed by atoms with Crippen molar-refractivity contribution in [3.63, 3.8) is 0 Å². The number of fused-ring (bicyclic) bond motifs is 1. The number of benzene rings is 2. The van der Waals surface area contributed by atoms with Crippen LogP contribution in [0, 0.1) is 0 Å². The van der Waals surface area contributed by atoms with E-state index in [9.17, 15) is 10.2 Å². The van der Waals surface area contributed by atoms with E-state index < -0.39 is 44.8 Å². The third-order valence-corrected chi connectivity index (χ3v) is 11.4. The summed E-state index contributed by atoms with van der Waals surface area (Å²) >= 11 is 0. The van der Waals surface area contributed by atoms with E-state index in [0.29, 0.717) is 0 Å². The van der Waals surface area contributed by atoms with Gasteiger partial charge in [0.2, 0.25) is 5.79 Å². The minimum absolute atomic E-state index is 0.117. The van der Waals surface area contributed by atoms with Crippen molar-refractivity contribution in [3.8, 4) is 0 Å². The van der Waals surface area contributed by atoms with Gasteiger partial charge in [-0.2, -0.15) is 0 Å². The molecule has 2 aromatic carbocycles. The first-order valence-electron chi connectivity index (χ1n) is 11.1. The van der Waals surface area contributed by atoms with E-state index in [1.165, 1.54) is 0 Å². The molecule has 32 heavy (non-hydrogen) atoms. The van der Waals surface area contributed by atoms with Crippen molar-refractivity contribution in [1.29, 1.82) is 0 Å². The molecule has 2 aliphatic rings. The van der Waals surface area contributed by atoms with Crippen LogP contribution in [-0.4, -0.2) is 61.6 Å². The first-order valence-corrected chi connectivity index (χ1v) is 13.0. The summed E-state index contributed by atoms with van der Waals surface area (Å²) in [6.45, 7) is 9.66. The van der Waals surface area contributed by atoms with Gasteiger partial charge in [-0.1, -0.05) is 81.4 Å². The Morgan fingerprint density at radius 2 is 1.50 bits per heavy atom. The Morgan fingerprint density at radius 3 is 1.97 bits per heavy atom. The second kappa shape index (κ2) is 8.33. The molecular formula is C25H34O6Si. The largest absolute Gasteiger partial charge is 0.396 e. The Morgan fingerprint density at radius 1 is 0.969 bits per heavy atom. The van der Waals surface area contributed by atoms with Crippen molar-refractivity contribution in [2.75, 3.05) is 13.2 Å². The van der Waals surface area contributed by atoms with Crippen LogP contribution in [0.15, 0.2) is 60.7 Å². The number of aliphatic hydroxyl groups excluding tert-OH is 1. The van der Waals surface area contributed by atoms with Gasteiger partial charge in [-0.25, -0.2) is 0 Å². The molecule has 174 valence electrons.